The topological polar surface area (TPSA) is 48.7 Å². The Labute approximate surface area is 174 Å². The maximum Gasteiger partial charge on any atom is 0.194 e. The van der Waals surface area contributed by atoms with Gasteiger partial charge in [-0.1, -0.05) is 6.07 Å². The van der Waals surface area contributed by atoms with Crippen LogP contribution < -0.4 is 10.2 Å². The number of rotatable bonds is 7. The average molecular weight is 470 g/mol. The molecule has 0 fully saturated rings. The zero-order valence-electron chi connectivity index (χ0n) is 16.4. The zero-order valence-corrected chi connectivity index (χ0v) is 18.8. The average Bonchev–Trinajstić information content (AvgIpc) is 3.02. The fourth-order valence-electron chi connectivity index (χ4n) is 2.80. The van der Waals surface area contributed by atoms with Gasteiger partial charge in [0.1, 0.15) is 5.82 Å². The van der Waals surface area contributed by atoms with E-state index in [9.17, 15) is 0 Å². The van der Waals surface area contributed by atoms with Crippen LogP contribution in [0.3, 0.4) is 0 Å². The van der Waals surface area contributed by atoms with Gasteiger partial charge in [0.2, 0.25) is 0 Å². The van der Waals surface area contributed by atoms with Crippen LogP contribution in [0.5, 0.6) is 0 Å². The van der Waals surface area contributed by atoms with Crippen LogP contribution in [-0.4, -0.2) is 47.6 Å². The summed E-state index contributed by atoms with van der Waals surface area (Å²) in [4.78, 5) is 13.3. The highest BCUT2D eigenvalue weighted by Crippen LogP contribution is 2.11. The normalized spacial score (nSPS) is 11.0. The molecule has 2 rings (SSSR count). The number of nitrogens with zero attached hydrogens (tertiary/aromatic N) is 5. The van der Waals surface area contributed by atoms with Crippen molar-refractivity contribution in [2.45, 2.75) is 26.9 Å². The summed E-state index contributed by atoms with van der Waals surface area (Å²) >= 11 is 0. The maximum absolute atomic E-state index is 4.57. The molecule has 144 valence electrons. The minimum Gasteiger partial charge on any atom is -0.357 e. The molecule has 2 aromatic rings. The van der Waals surface area contributed by atoms with Crippen molar-refractivity contribution in [3.63, 3.8) is 0 Å². The predicted molar refractivity (Wildman–Crippen MR) is 120 cm³/mol. The molecule has 0 radical (unpaired) electrons. The molecule has 0 spiro atoms. The second-order valence-electron chi connectivity index (χ2n) is 6.06. The van der Waals surface area contributed by atoms with Crippen molar-refractivity contribution >= 4 is 35.8 Å². The van der Waals surface area contributed by atoms with Crippen molar-refractivity contribution in [2.75, 3.05) is 32.1 Å². The molecule has 0 saturated heterocycles. The molecule has 0 aliphatic rings. The van der Waals surface area contributed by atoms with Gasteiger partial charge in [-0.05, 0) is 37.6 Å². The Morgan fingerprint density at radius 3 is 2.46 bits per heavy atom. The van der Waals surface area contributed by atoms with E-state index in [0.29, 0.717) is 6.54 Å². The van der Waals surface area contributed by atoms with Crippen LogP contribution in [-0.2, 0) is 20.1 Å². The first-order chi connectivity index (χ1) is 12.1. The number of halogens is 1. The van der Waals surface area contributed by atoms with Gasteiger partial charge in [0.25, 0.3) is 0 Å². The number of aryl methyl sites for hydroxylation is 1. The van der Waals surface area contributed by atoms with E-state index in [-0.39, 0.29) is 24.0 Å². The first-order valence-corrected chi connectivity index (χ1v) is 8.80. The second-order valence-corrected chi connectivity index (χ2v) is 6.06. The third-order valence-corrected chi connectivity index (χ3v) is 4.37. The van der Waals surface area contributed by atoms with E-state index in [1.54, 1.807) is 0 Å². The van der Waals surface area contributed by atoms with Crippen LogP contribution in [0.25, 0.3) is 0 Å². The summed E-state index contributed by atoms with van der Waals surface area (Å²) < 4.78 is 2.12. The summed E-state index contributed by atoms with van der Waals surface area (Å²) in [5, 5.41) is 3.41. The summed E-state index contributed by atoms with van der Waals surface area (Å²) in [7, 11) is 5.91. The Morgan fingerprint density at radius 2 is 1.96 bits per heavy atom. The van der Waals surface area contributed by atoms with Crippen LogP contribution in [0.1, 0.15) is 25.1 Å². The van der Waals surface area contributed by atoms with Gasteiger partial charge in [0.15, 0.2) is 5.96 Å². The molecule has 2 aromatic heterocycles. The van der Waals surface area contributed by atoms with Crippen molar-refractivity contribution in [2.24, 2.45) is 12.0 Å². The first-order valence-electron chi connectivity index (χ1n) is 8.80. The highest BCUT2D eigenvalue weighted by molar-refractivity contribution is 14.0. The van der Waals surface area contributed by atoms with Gasteiger partial charge in [-0.25, -0.2) is 4.98 Å². The van der Waals surface area contributed by atoms with Crippen LogP contribution in [0.4, 0.5) is 5.82 Å². The van der Waals surface area contributed by atoms with Crippen LogP contribution in [0, 0.1) is 0 Å². The van der Waals surface area contributed by atoms with Gasteiger partial charge in [0, 0.05) is 58.9 Å². The molecule has 7 heteroatoms. The Morgan fingerprint density at radius 1 is 1.23 bits per heavy atom. The van der Waals surface area contributed by atoms with Crippen LogP contribution in [0.15, 0.2) is 41.7 Å². The molecule has 26 heavy (non-hydrogen) atoms. The summed E-state index contributed by atoms with van der Waals surface area (Å²) in [6, 6.07) is 8.39. The molecule has 0 aromatic carbocycles. The standard InChI is InChI=1S/C19H30N6.HI/c1-6-25(7-2)18-11-10-16(13-21-18)14-22-19(20-3)24(5)15-17-9-8-12-23(17)4;/h8-13H,6-7,14-15H2,1-5H3,(H,20,22);1H. The van der Waals surface area contributed by atoms with E-state index in [1.807, 2.05) is 20.3 Å². The first kappa shape index (κ1) is 22.3. The molecule has 1 N–H and O–H groups in total. The van der Waals surface area contributed by atoms with E-state index >= 15 is 0 Å². The number of hydrogen-bond acceptors (Lipinski definition) is 3. The largest absolute Gasteiger partial charge is 0.357 e. The zero-order chi connectivity index (χ0) is 18.2. The Bertz CT molecular complexity index is 676. The molecule has 6 nitrogen and oxygen atoms in total. The molecular formula is C19H31IN6. The van der Waals surface area contributed by atoms with Crippen molar-refractivity contribution in [3.8, 4) is 0 Å². The minimum atomic E-state index is 0. The van der Waals surface area contributed by atoms with E-state index in [2.05, 4.69) is 81.0 Å². The number of anilines is 1. The number of guanidine groups is 1. The van der Waals surface area contributed by atoms with Gasteiger partial charge in [-0.15, -0.1) is 24.0 Å². The van der Waals surface area contributed by atoms with Crippen molar-refractivity contribution in [1.29, 1.82) is 0 Å². The molecule has 0 amide bonds. The lowest BCUT2D eigenvalue weighted by molar-refractivity contribution is 0.461. The van der Waals surface area contributed by atoms with Gasteiger partial charge in [-0.2, -0.15) is 0 Å². The molecule has 0 atom stereocenters. The van der Waals surface area contributed by atoms with Gasteiger partial charge in [0.05, 0.1) is 6.54 Å². The quantitative estimate of drug-likeness (QED) is 0.384. The molecule has 0 aliphatic carbocycles. The summed E-state index contributed by atoms with van der Waals surface area (Å²) in [6.45, 7) is 7.74. The number of aliphatic imine (C=N–C) groups is 1. The maximum atomic E-state index is 4.57. The monoisotopic (exact) mass is 470 g/mol. The SMILES string of the molecule is CCN(CC)c1ccc(CNC(=NC)N(C)Cc2cccn2C)cn1.I. The molecule has 0 unspecified atom stereocenters. The van der Waals surface area contributed by atoms with E-state index in [0.717, 1.165) is 37.0 Å². The Hall–Kier alpha value is -1.77. The number of pyridine rings is 1. The van der Waals surface area contributed by atoms with Crippen LogP contribution in [0.2, 0.25) is 0 Å². The van der Waals surface area contributed by atoms with E-state index in [1.165, 1.54) is 5.69 Å². The molecule has 0 bridgehead atoms. The lowest BCUT2D eigenvalue weighted by Gasteiger charge is -2.23. The highest BCUT2D eigenvalue weighted by atomic mass is 127. The third kappa shape index (κ3) is 5.89. The second kappa shape index (κ2) is 11.1. The Balaban J connectivity index is 0.00000338. The smallest absolute Gasteiger partial charge is 0.194 e. The molecular weight excluding hydrogens is 439 g/mol. The van der Waals surface area contributed by atoms with E-state index < -0.39 is 0 Å². The number of aromatic nitrogens is 2. The lowest BCUT2D eigenvalue weighted by Crippen LogP contribution is -2.38. The van der Waals surface area contributed by atoms with Gasteiger partial charge < -0.3 is 19.7 Å². The van der Waals surface area contributed by atoms with Gasteiger partial charge >= 0.3 is 0 Å². The van der Waals surface area contributed by atoms with Gasteiger partial charge in [-0.3, -0.25) is 4.99 Å². The van der Waals surface area contributed by atoms with Crippen molar-refractivity contribution < 1.29 is 0 Å². The number of nitrogens with one attached hydrogen (secondary N) is 1. The fraction of sp³-hybridized carbons (Fsp3) is 0.474. The Kier molecular flexibility index (Phi) is 9.47. The summed E-state index contributed by atoms with van der Waals surface area (Å²) in [6.07, 6.45) is 3.99. The summed E-state index contributed by atoms with van der Waals surface area (Å²) in [5.41, 5.74) is 2.39. The van der Waals surface area contributed by atoms with Crippen molar-refractivity contribution in [1.82, 2.24) is 19.8 Å². The minimum absolute atomic E-state index is 0. The molecule has 2 heterocycles. The van der Waals surface area contributed by atoms with Crippen LogP contribution >= 0.6 is 24.0 Å². The molecule has 0 saturated carbocycles. The fourth-order valence-corrected chi connectivity index (χ4v) is 2.80. The highest BCUT2D eigenvalue weighted by Gasteiger charge is 2.09. The molecule has 0 aliphatic heterocycles. The number of hydrogen-bond donors (Lipinski definition) is 1. The predicted octanol–water partition coefficient (Wildman–Crippen LogP) is 3.09. The van der Waals surface area contributed by atoms with E-state index in [4.69, 9.17) is 0 Å². The lowest BCUT2D eigenvalue weighted by atomic mass is 10.2. The third-order valence-electron chi connectivity index (χ3n) is 4.37. The summed E-state index contributed by atoms with van der Waals surface area (Å²) in [5.74, 6) is 1.90. The van der Waals surface area contributed by atoms with Crippen molar-refractivity contribution in [3.05, 3.63) is 47.9 Å².